The van der Waals surface area contributed by atoms with Gasteiger partial charge in [-0.05, 0) is 24.1 Å². The fraction of sp³-hybridized carbons (Fsp3) is 0.154. The van der Waals surface area contributed by atoms with Gasteiger partial charge in [-0.3, -0.25) is 4.99 Å². The van der Waals surface area contributed by atoms with E-state index in [4.69, 9.17) is 9.98 Å². The van der Waals surface area contributed by atoms with E-state index < -0.39 is 0 Å². The lowest BCUT2D eigenvalue weighted by molar-refractivity contribution is 0.455. The van der Waals surface area contributed by atoms with Crippen LogP contribution in [0.1, 0.15) is 24.5 Å². The molecule has 0 aliphatic carbocycles. The lowest BCUT2D eigenvalue weighted by atomic mass is 9.88. The van der Waals surface area contributed by atoms with Gasteiger partial charge in [-0.15, -0.1) is 0 Å². The third-order valence-corrected chi connectivity index (χ3v) is 5.81. The summed E-state index contributed by atoms with van der Waals surface area (Å²) in [7, 11) is 0. The van der Waals surface area contributed by atoms with Gasteiger partial charge in [0.25, 0.3) is 0 Å². The number of amidine groups is 1. The molecule has 0 amide bonds. The molecule has 3 nitrogen and oxygen atoms in total. The van der Waals surface area contributed by atoms with Crippen molar-refractivity contribution in [1.29, 1.82) is 0 Å². The molecule has 0 fully saturated rings. The maximum Gasteiger partial charge on any atom is 0.130 e. The van der Waals surface area contributed by atoms with Gasteiger partial charge >= 0.3 is 0 Å². The van der Waals surface area contributed by atoms with Crippen LogP contribution >= 0.6 is 0 Å². The monoisotopic (exact) mass is 377 g/mol. The summed E-state index contributed by atoms with van der Waals surface area (Å²) in [5.41, 5.74) is 5.21. The number of para-hydroxylation sites is 1. The normalized spacial score (nSPS) is 18.4. The van der Waals surface area contributed by atoms with Gasteiger partial charge in [0.2, 0.25) is 0 Å². The molecule has 29 heavy (non-hydrogen) atoms. The summed E-state index contributed by atoms with van der Waals surface area (Å²) in [6, 6.07) is 31.4. The van der Waals surface area contributed by atoms with E-state index in [9.17, 15) is 0 Å². The first kappa shape index (κ1) is 17.6. The fourth-order valence-electron chi connectivity index (χ4n) is 4.13. The van der Waals surface area contributed by atoms with Gasteiger partial charge in [0, 0.05) is 23.1 Å². The molecule has 5 rings (SSSR count). The zero-order chi connectivity index (χ0) is 19.7. The highest BCUT2D eigenvalue weighted by Crippen LogP contribution is 2.34. The van der Waals surface area contributed by atoms with Crippen molar-refractivity contribution < 1.29 is 0 Å². The highest BCUT2D eigenvalue weighted by Gasteiger charge is 2.35. The molecule has 1 aliphatic heterocycles. The zero-order valence-corrected chi connectivity index (χ0v) is 16.5. The van der Waals surface area contributed by atoms with Crippen LogP contribution in [0.15, 0.2) is 96.0 Å². The van der Waals surface area contributed by atoms with Crippen LogP contribution in [-0.4, -0.2) is 17.4 Å². The van der Waals surface area contributed by atoms with Crippen LogP contribution in [0.2, 0.25) is 0 Å². The lowest BCUT2D eigenvalue weighted by Gasteiger charge is -2.23. The molecule has 2 heterocycles. The Labute approximate surface area is 171 Å². The molecule has 142 valence electrons. The number of hydrogen-bond donors (Lipinski definition) is 1. The summed E-state index contributed by atoms with van der Waals surface area (Å²) in [5.74, 6) is 0.950. The molecule has 1 unspecified atom stereocenters. The van der Waals surface area contributed by atoms with E-state index in [0.29, 0.717) is 0 Å². The molecule has 1 aliphatic rings. The summed E-state index contributed by atoms with van der Waals surface area (Å²) in [4.78, 5) is 10.2. The molecule has 0 bridgehead atoms. The van der Waals surface area contributed by atoms with E-state index in [1.807, 2.05) is 12.1 Å². The Hall–Kier alpha value is -3.46. The van der Waals surface area contributed by atoms with Gasteiger partial charge in [-0.2, -0.15) is 0 Å². The molecule has 0 spiro atoms. The minimum absolute atomic E-state index is 0.228. The lowest BCUT2D eigenvalue weighted by Crippen LogP contribution is -2.29. The molecule has 3 heteroatoms. The fourth-order valence-corrected chi connectivity index (χ4v) is 4.13. The van der Waals surface area contributed by atoms with Crippen LogP contribution < -0.4 is 5.32 Å². The Morgan fingerprint density at radius 1 is 0.862 bits per heavy atom. The Morgan fingerprint density at radius 3 is 2.31 bits per heavy atom. The van der Waals surface area contributed by atoms with E-state index in [-0.39, 0.29) is 5.54 Å². The standard InChI is InChI=1S/C26H23N3/c1-2-26(20-13-7-4-8-14-20)18-27-25(29-26)22-17-24(19-11-5-3-6-12-19)28-23-16-10-9-15-21(22)23/h3-17H,2,18H2,1H3,(H,27,29). The number of aromatic nitrogens is 1. The van der Waals surface area contributed by atoms with Crippen molar-refractivity contribution in [3.63, 3.8) is 0 Å². The summed E-state index contributed by atoms with van der Waals surface area (Å²) < 4.78 is 0. The van der Waals surface area contributed by atoms with E-state index in [0.717, 1.165) is 46.5 Å². The van der Waals surface area contributed by atoms with Gasteiger partial charge < -0.3 is 5.32 Å². The average molecular weight is 377 g/mol. The molecule has 1 N–H and O–H groups in total. The third-order valence-electron chi connectivity index (χ3n) is 5.81. The number of hydrogen-bond acceptors (Lipinski definition) is 3. The van der Waals surface area contributed by atoms with Crippen LogP contribution in [0, 0.1) is 0 Å². The van der Waals surface area contributed by atoms with Crippen molar-refractivity contribution in [3.8, 4) is 11.3 Å². The van der Waals surface area contributed by atoms with Gasteiger partial charge in [0.15, 0.2) is 0 Å². The van der Waals surface area contributed by atoms with Crippen molar-refractivity contribution in [1.82, 2.24) is 10.3 Å². The van der Waals surface area contributed by atoms with Gasteiger partial charge in [0.05, 0.1) is 11.2 Å². The number of nitrogens with one attached hydrogen (secondary N) is 1. The smallest absolute Gasteiger partial charge is 0.130 e. The first-order chi connectivity index (χ1) is 14.3. The van der Waals surface area contributed by atoms with Gasteiger partial charge in [-0.1, -0.05) is 85.8 Å². The van der Waals surface area contributed by atoms with Crippen LogP contribution in [0.4, 0.5) is 0 Å². The summed E-state index contributed by atoms with van der Waals surface area (Å²) in [5, 5.41) is 4.73. The maximum atomic E-state index is 5.24. The van der Waals surface area contributed by atoms with Crippen LogP contribution in [-0.2, 0) is 5.54 Å². The molecule has 0 saturated heterocycles. The third kappa shape index (κ3) is 3.09. The van der Waals surface area contributed by atoms with Crippen molar-refractivity contribution in [2.24, 2.45) is 4.99 Å². The van der Waals surface area contributed by atoms with Crippen LogP contribution in [0.5, 0.6) is 0 Å². The largest absolute Gasteiger partial charge is 0.367 e. The molecule has 3 aromatic carbocycles. The first-order valence-electron chi connectivity index (χ1n) is 10.1. The number of nitrogens with zero attached hydrogens (tertiary/aromatic N) is 2. The Balaban J connectivity index is 1.69. The Bertz CT molecular complexity index is 1180. The maximum absolute atomic E-state index is 5.24. The summed E-state index contributed by atoms with van der Waals surface area (Å²) in [6.45, 7) is 3.02. The predicted molar refractivity (Wildman–Crippen MR) is 120 cm³/mol. The number of aliphatic imine (C=N–C) groups is 1. The van der Waals surface area contributed by atoms with E-state index in [1.165, 1.54) is 5.56 Å². The Kier molecular flexibility index (Phi) is 4.36. The van der Waals surface area contributed by atoms with Crippen molar-refractivity contribution in [2.75, 3.05) is 6.54 Å². The zero-order valence-electron chi connectivity index (χ0n) is 16.5. The SMILES string of the molecule is CCC1(c2ccccc2)CNC(c2cc(-c3ccccc3)nc3ccccc23)=N1. The highest BCUT2D eigenvalue weighted by atomic mass is 15.1. The molecule has 0 saturated carbocycles. The quantitative estimate of drug-likeness (QED) is 0.506. The first-order valence-corrected chi connectivity index (χ1v) is 10.1. The topological polar surface area (TPSA) is 37.3 Å². The number of benzene rings is 3. The molecular weight excluding hydrogens is 354 g/mol. The van der Waals surface area contributed by atoms with E-state index in [2.05, 4.69) is 91.1 Å². The van der Waals surface area contributed by atoms with Crippen molar-refractivity contribution in [2.45, 2.75) is 18.9 Å². The molecular formula is C26H23N3. The van der Waals surface area contributed by atoms with Gasteiger partial charge in [0.1, 0.15) is 11.4 Å². The molecule has 4 aromatic rings. The highest BCUT2D eigenvalue weighted by molar-refractivity contribution is 6.10. The predicted octanol–water partition coefficient (Wildman–Crippen LogP) is 5.56. The Morgan fingerprint density at radius 2 is 1.55 bits per heavy atom. The second kappa shape index (κ2) is 7.17. The minimum Gasteiger partial charge on any atom is -0.367 e. The van der Waals surface area contributed by atoms with Crippen molar-refractivity contribution >= 4 is 16.7 Å². The number of pyridine rings is 1. The molecule has 1 aromatic heterocycles. The minimum atomic E-state index is -0.228. The van der Waals surface area contributed by atoms with E-state index in [1.54, 1.807) is 0 Å². The van der Waals surface area contributed by atoms with E-state index >= 15 is 0 Å². The van der Waals surface area contributed by atoms with Crippen molar-refractivity contribution in [3.05, 3.63) is 102 Å². The average Bonchev–Trinajstić information content (AvgIpc) is 3.25. The number of fused-ring (bicyclic) bond motifs is 1. The summed E-state index contributed by atoms with van der Waals surface area (Å²) >= 11 is 0. The second-order valence-corrected chi connectivity index (χ2v) is 7.50. The molecule has 0 radical (unpaired) electrons. The molecule has 1 atom stereocenters. The van der Waals surface area contributed by atoms with Crippen LogP contribution in [0.25, 0.3) is 22.2 Å². The summed E-state index contributed by atoms with van der Waals surface area (Å²) in [6.07, 6.45) is 0.946. The second-order valence-electron chi connectivity index (χ2n) is 7.50. The number of rotatable bonds is 4. The van der Waals surface area contributed by atoms with Gasteiger partial charge in [-0.25, -0.2) is 4.98 Å². The van der Waals surface area contributed by atoms with Crippen LogP contribution in [0.3, 0.4) is 0 Å².